The minimum absolute atomic E-state index is 0.0478. The number of aliphatic carboxylic acids is 1. The molecule has 0 heterocycles. The van der Waals surface area contributed by atoms with E-state index in [4.69, 9.17) is 9.84 Å². The van der Waals surface area contributed by atoms with Crippen molar-refractivity contribution < 1.29 is 19.4 Å². The zero-order valence-electron chi connectivity index (χ0n) is 13.1. The second-order valence-corrected chi connectivity index (χ2v) is 5.42. The van der Waals surface area contributed by atoms with Gasteiger partial charge in [0.25, 0.3) is 0 Å². The number of carboxylic acids is 1. The van der Waals surface area contributed by atoms with Crippen molar-refractivity contribution in [2.24, 2.45) is 5.92 Å². The van der Waals surface area contributed by atoms with Crippen molar-refractivity contribution in [2.45, 2.75) is 33.2 Å². The Morgan fingerprint density at radius 2 is 1.95 bits per heavy atom. The number of para-hydroxylation sites is 1. The summed E-state index contributed by atoms with van der Waals surface area (Å²) in [6, 6.07) is 7.25. The van der Waals surface area contributed by atoms with Crippen molar-refractivity contribution in [3.05, 3.63) is 29.8 Å². The Kier molecular flexibility index (Phi) is 7.81. The van der Waals surface area contributed by atoms with E-state index in [0.29, 0.717) is 32.0 Å². The molecule has 0 aromatic heterocycles. The zero-order valence-corrected chi connectivity index (χ0v) is 13.1. The number of carboxylic acid groups (broad SMARTS) is 1. The maximum atomic E-state index is 11.6. The van der Waals surface area contributed by atoms with E-state index in [0.717, 1.165) is 11.3 Å². The van der Waals surface area contributed by atoms with Gasteiger partial charge < -0.3 is 20.5 Å². The van der Waals surface area contributed by atoms with Gasteiger partial charge in [-0.25, -0.2) is 4.79 Å². The van der Waals surface area contributed by atoms with Crippen LogP contribution < -0.4 is 15.4 Å². The van der Waals surface area contributed by atoms with Crippen LogP contribution in [0.5, 0.6) is 5.75 Å². The lowest BCUT2D eigenvalue weighted by Gasteiger charge is -2.14. The largest absolute Gasteiger partial charge is 0.493 e. The molecule has 0 atom stereocenters. The molecular formula is C16H24N2O4. The van der Waals surface area contributed by atoms with E-state index in [9.17, 15) is 9.59 Å². The van der Waals surface area contributed by atoms with Crippen LogP contribution in [0.4, 0.5) is 4.79 Å². The Balaban J connectivity index is 2.37. The molecule has 0 unspecified atom stereocenters. The third kappa shape index (κ3) is 7.52. The molecule has 0 aliphatic heterocycles. The molecule has 1 aromatic carbocycles. The summed E-state index contributed by atoms with van der Waals surface area (Å²) in [6.07, 6.45) is 0.461. The van der Waals surface area contributed by atoms with Crippen molar-refractivity contribution in [1.82, 2.24) is 10.6 Å². The van der Waals surface area contributed by atoms with E-state index < -0.39 is 5.97 Å². The van der Waals surface area contributed by atoms with E-state index in [1.165, 1.54) is 0 Å². The fraction of sp³-hybridized carbons (Fsp3) is 0.500. The van der Waals surface area contributed by atoms with Gasteiger partial charge in [0.05, 0.1) is 6.61 Å². The van der Waals surface area contributed by atoms with Crippen molar-refractivity contribution in [2.75, 3.05) is 13.2 Å². The molecule has 0 saturated heterocycles. The quantitative estimate of drug-likeness (QED) is 0.611. The van der Waals surface area contributed by atoms with Gasteiger partial charge in [-0.2, -0.15) is 0 Å². The molecule has 1 aromatic rings. The number of carbonyl (C=O) groups is 2. The second-order valence-electron chi connectivity index (χ2n) is 5.42. The van der Waals surface area contributed by atoms with Crippen LogP contribution in [0, 0.1) is 5.92 Å². The molecular weight excluding hydrogens is 284 g/mol. The van der Waals surface area contributed by atoms with Crippen molar-refractivity contribution in [3.63, 3.8) is 0 Å². The first kappa shape index (κ1) is 17.8. The van der Waals surface area contributed by atoms with Crippen LogP contribution >= 0.6 is 0 Å². The number of rotatable bonds is 9. The van der Waals surface area contributed by atoms with Gasteiger partial charge in [0.1, 0.15) is 5.75 Å². The normalized spacial score (nSPS) is 10.3. The first-order valence-corrected chi connectivity index (χ1v) is 7.43. The molecule has 6 nitrogen and oxygen atoms in total. The van der Waals surface area contributed by atoms with Crippen LogP contribution in [0.1, 0.15) is 32.3 Å². The Labute approximate surface area is 130 Å². The van der Waals surface area contributed by atoms with E-state index in [-0.39, 0.29) is 12.5 Å². The maximum Gasteiger partial charge on any atom is 0.315 e. The minimum Gasteiger partial charge on any atom is -0.493 e. The number of amides is 2. The van der Waals surface area contributed by atoms with Gasteiger partial charge in [-0.1, -0.05) is 32.0 Å². The van der Waals surface area contributed by atoms with Crippen molar-refractivity contribution >= 4 is 12.0 Å². The summed E-state index contributed by atoms with van der Waals surface area (Å²) in [5.74, 6) is 0.333. The summed E-state index contributed by atoms with van der Waals surface area (Å²) in [4.78, 5) is 22.0. The lowest BCUT2D eigenvalue weighted by Crippen LogP contribution is -2.35. The molecule has 0 aliphatic rings. The highest BCUT2D eigenvalue weighted by atomic mass is 16.5. The molecule has 1 rings (SSSR count). The molecule has 6 heteroatoms. The highest BCUT2D eigenvalue weighted by molar-refractivity contribution is 5.74. The molecule has 0 radical (unpaired) electrons. The predicted octanol–water partition coefficient (Wildman–Crippen LogP) is 2.39. The number of nitrogens with one attached hydrogen (secondary N) is 2. The van der Waals surface area contributed by atoms with Gasteiger partial charge in [0, 0.05) is 25.1 Å². The number of ether oxygens (including phenoxy) is 1. The summed E-state index contributed by atoms with van der Waals surface area (Å²) in [5, 5.41) is 13.9. The number of urea groups is 1. The molecule has 0 bridgehead atoms. The third-order valence-electron chi connectivity index (χ3n) is 2.84. The highest BCUT2D eigenvalue weighted by Gasteiger charge is 2.06. The monoisotopic (exact) mass is 308 g/mol. The minimum atomic E-state index is -0.863. The molecule has 0 spiro atoms. The van der Waals surface area contributed by atoms with Crippen LogP contribution in [0.15, 0.2) is 24.3 Å². The van der Waals surface area contributed by atoms with Gasteiger partial charge in [-0.15, -0.1) is 0 Å². The molecule has 0 fully saturated rings. The highest BCUT2D eigenvalue weighted by Crippen LogP contribution is 2.18. The number of carbonyl (C=O) groups excluding carboxylic acids is 1. The first-order valence-electron chi connectivity index (χ1n) is 7.43. The van der Waals surface area contributed by atoms with E-state index in [1.54, 1.807) is 0 Å². The lowest BCUT2D eigenvalue weighted by molar-refractivity contribution is -0.137. The molecule has 2 amide bonds. The molecule has 22 heavy (non-hydrogen) atoms. The van der Waals surface area contributed by atoms with Crippen LogP contribution in [0.3, 0.4) is 0 Å². The van der Waals surface area contributed by atoms with E-state index in [1.807, 2.05) is 24.3 Å². The maximum absolute atomic E-state index is 11.6. The fourth-order valence-corrected chi connectivity index (χ4v) is 1.73. The Hall–Kier alpha value is -2.24. The summed E-state index contributed by atoms with van der Waals surface area (Å²) in [5.41, 5.74) is 0.906. The standard InChI is InChI=1S/C16H24N2O4/c1-12(2)11-22-14-7-4-3-6-13(14)10-18-16(21)17-9-5-8-15(19)20/h3-4,6-7,12H,5,8-11H2,1-2H3,(H,19,20)(H2,17,18,21). The van der Waals surface area contributed by atoms with Crippen LogP contribution in [-0.4, -0.2) is 30.3 Å². The summed E-state index contributed by atoms with van der Waals surface area (Å²) < 4.78 is 5.72. The fourth-order valence-electron chi connectivity index (χ4n) is 1.73. The molecule has 0 aliphatic carbocycles. The number of benzene rings is 1. The lowest BCUT2D eigenvalue weighted by atomic mass is 10.2. The molecule has 0 saturated carbocycles. The SMILES string of the molecule is CC(C)COc1ccccc1CNC(=O)NCCCC(=O)O. The Morgan fingerprint density at radius 3 is 2.64 bits per heavy atom. The van der Waals surface area contributed by atoms with Gasteiger partial charge in [-0.05, 0) is 18.4 Å². The topological polar surface area (TPSA) is 87.7 Å². The second kappa shape index (κ2) is 9.65. The Morgan fingerprint density at radius 1 is 1.23 bits per heavy atom. The average molecular weight is 308 g/mol. The molecule has 122 valence electrons. The van der Waals surface area contributed by atoms with Crippen molar-refractivity contribution in [1.29, 1.82) is 0 Å². The zero-order chi connectivity index (χ0) is 16.4. The summed E-state index contributed by atoms with van der Waals surface area (Å²) in [7, 11) is 0. The predicted molar refractivity (Wildman–Crippen MR) is 83.9 cm³/mol. The summed E-state index contributed by atoms with van der Waals surface area (Å²) >= 11 is 0. The van der Waals surface area contributed by atoms with Gasteiger partial charge in [0.15, 0.2) is 0 Å². The van der Waals surface area contributed by atoms with Gasteiger partial charge in [0.2, 0.25) is 0 Å². The van der Waals surface area contributed by atoms with Gasteiger partial charge >= 0.3 is 12.0 Å². The third-order valence-corrected chi connectivity index (χ3v) is 2.84. The van der Waals surface area contributed by atoms with E-state index >= 15 is 0 Å². The smallest absolute Gasteiger partial charge is 0.315 e. The Bertz CT molecular complexity index is 489. The van der Waals surface area contributed by atoms with Gasteiger partial charge in [-0.3, -0.25) is 4.79 Å². The molecule has 3 N–H and O–H groups in total. The van der Waals surface area contributed by atoms with Crippen LogP contribution in [0.2, 0.25) is 0 Å². The first-order chi connectivity index (χ1) is 10.5. The number of hydrogen-bond acceptors (Lipinski definition) is 3. The number of hydrogen-bond donors (Lipinski definition) is 3. The average Bonchev–Trinajstić information content (AvgIpc) is 2.48. The van der Waals surface area contributed by atoms with Crippen LogP contribution in [-0.2, 0) is 11.3 Å². The van der Waals surface area contributed by atoms with E-state index in [2.05, 4.69) is 24.5 Å². The van der Waals surface area contributed by atoms with Crippen molar-refractivity contribution in [3.8, 4) is 5.75 Å². The summed E-state index contributed by atoms with van der Waals surface area (Å²) in [6.45, 7) is 5.47. The van der Waals surface area contributed by atoms with Crippen LogP contribution in [0.25, 0.3) is 0 Å².